The van der Waals surface area contributed by atoms with Crippen LogP contribution >= 0.6 is 0 Å². The number of urea groups is 1. The molecule has 1 aliphatic heterocycles. The summed E-state index contributed by atoms with van der Waals surface area (Å²) in [5.41, 5.74) is 0. The van der Waals surface area contributed by atoms with Crippen molar-refractivity contribution in [1.29, 1.82) is 0 Å². The predicted molar refractivity (Wildman–Crippen MR) is 44.5 cm³/mol. The smallest absolute Gasteiger partial charge is 0.317 e. The summed E-state index contributed by atoms with van der Waals surface area (Å²) in [4.78, 5) is 13.2. The van der Waals surface area contributed by atoms with Gasteiger partial charge in [0.1, 0.15) is 0 Å². The molecule has 0 aromatic rings. The lowest BCUT2D eigenvalue weighted by molar-refractivity contribution is 0.188. The van der Waals surface area contributed by atoms with Crippen molar-refractivity contribution in [2.24, 2.45) is 0 Å². The molecule has 2 amide bonds. The van der Waals surface area contributed by atoms with E-state index in [0.717, 1.165) is 25.9 Å². The van der Waals surface area contributed by atoms with E-state index in [-0.39, 0.29) is 6.03 Å². The Balaban J connectivity index is 2.52. The summed E-state index contributed by atoms with van der Waals surface area (Å²) in [6.07, 6.45) is 2.23. The summed E-state index contributed by atoms with van der Waals surface area (Å²) in [5.74, 6) is 0. The van der Waals surface area contributed by atoms with Crippen LogP contribution in [0.1, 0.15) is 26.7 Å². The van der Waals surface area contributed by atoms with Gasteiger partial charge < -0.3 is 10.2 Å². The maximum absolute atomic E-state index is 11.3. The third-order valence-electron chi connectivity index (χ3n) is 1.99. The molecule has 3 nitrogen and oxygen atoms in total. The molecule has 0 saturated carbocycles. The van der Waals surface area contributed by atoms with Crippen LogP contribution < -0.4 is 5.32 Å². The number of hydrogen-bond donors (Lipinski definition) is 1. The molecule has 0 aromatic carbocycles. The Morgan fingerprint density at radius 1 is 1.45 bits per heavy atom. The van der Waals surface area contributed by atoms with Crippen LogP contribution in [0.25, 0.3) is 0 Å². The molecule has 1 N–H and O–H groups in total. The molecule has 0 unspecified atom stereocenters. The lowest BCUT2D eigenvalue weighted by Crippen LogP contribution is -2.42. The number of nitrogens with one attached hydrogen (secondary N) is 1. The first-order valence-corrected chi connectivity index (χ1v) is 4.26. The quantitative estimate of drug-likeness (QED) is 0.608. The first-order valence-electron chi connectivity index (χ1n) is 4.26. The zero-order valence-corrected chi connectivity index (χ0v) is 7.26. The minimum Gasteiger partial charge on any atom is -0.338 e. The van der Waals surface area contributed by atoms with E-state index in [1.165, 1.54) is 0 Å². The molecule has 1 heterocycles. The van der Waals surface area contributed by atoms with Crippen molar-refractivity contribution in [3.8, 4) is 0 Å². The summed E-state index contributed by atoms with van der Waals surface area (Å²) >= 11 is 0. The van der Waals surface area contributed by atoms with Crippen molar-refractivity contribution in [2.75, 3.05) is 13.1 Å². The first-order chi connectivity index (χ1) is 5.22. The molecule has 0 bridgehead atoms. The van der Waals surface area contributed by atoms with Gasteiger partial charge in [0, 0.05) is 19.1 Å². The molecule has 3 heteroatoms. The summed E-state index contributed by atoms with van der Waals surface area (Å²) in [6, 6.07) is 0.422. The molecule has 1 fully saturated rings. The van der Waals surface area contributed by atoms with Crippen LogP contribution in [0.15, 0.2) is 0 Å². The van der Waals surface area contributed by atoms with Crippen molar-refractivity contribution >= 4 is 6.03 Å². The molecule has 0 aromatic heterocycles. The number of carbonyl (C=O) groups is 1. The summed E-state index contributed by atoms with van der Waals surface area (Å²) in [6.45, 7) is 5.83. The zero-order valence-electron chi connectivity index (χ0n) is 7.26. The van der Waals surface area contributed by atoms with Gasteiger partial charge in [0.2, 0.25) is 0 Å². The average Bonchev–Trinajstić information content (AvgIpc) is 2.13. The van der Waals surface area contributed by atoms with Gasteiger partial charge in [0.15, 0.2) is 0 Å². The van der Waals surface area contributed by atoms with Crippen LogP contribution in [0.5, 0.6) is 0 Å². The Kier molecular flexibility index (Phi) is 2.74. The number of hydrogen-bond acceptors (Lipinski definition) is 1. The van der Waals surface area contributed by atoms with Crippen molar-refractivity contribution in [1.82, 2.24) is 10.2 Å². The normalized spacial score (nSPS) is 19.9. The number of amides is 2. The number of carbonyl (C=O) groups excluding carboxylic acids is 1. The van der Waals surface area contributed by atoms with Gasteiger partial charge in [-0.05, 0) is 26.7 Å². The summed E-state index contributed by atoms with van der Waals surface area (Å²) in [5, 5.41) is 2.86. The fourth-order valence-corrected chi connectivity index (χ4v) is 1.30. The van der Waals surface area contributed by atoms with Crippen molar-refractivity contribution < 1.29 is 4.79 Å². The zero-order chi connectivity index (χ0) is 8.27. The van der Waals surface area contributed by atoms with Crippen LogP contribution in [0, 0.1) is 0 Å². The molecule has 0 atom stereocenters. The topological polar surface area (TPSA) is 32.3 Å². The minimum atomic E-state index is 0.0949. The van der Waals surface area contributed by atoms with Gasteiger partial charge in [0.25, 0.3) is 0 Å². The highest BCUT2D eigenvalue weighted by atomic mass is 16.2. The summed E-state index contributed by atoms with van der Waals surface area (Å²) in [7, 11) is 0. The SMILES string of the molecule is CC(C)N1CCCCNC1=O. The number of nitrogens with zero attached hydrogens (tertiary/aromatic N) is 1. The average molecular weight is 156 g/mol. The van der Waals surface area contributed by atoms with E-state index in [1.807, 2.05) is 18.7 Å². The molecular formula is C8H16N2O. The third kappa shape index (κ3) is 2.10. The van der Waals surface area contributed by atoms with Crippen molar-refractivity contribution in [3.05, 3.63) is 0 Å². The van der Waals surface area contributed by atoms with Gasteiger partial charge in [0.05, 0.1) is 0 Å². The van der Waals surface area contributed by atoms with E-state index >= 15 is 0 Å². The van der Waals surface area contributed by atoms with Gasteiger partial charge in [-0.2, -0.15) is 0 Å². The van der Waals surface area contributed by atoms with E-state index < -0.39 is 0 Å². The molecule has 0 aliphatic carbocycles. The van der Waals surface area contributed by atoms with Crippen LogP contribution in [0.3, 0.4) is 0 Å². The van der Waals surface area contributed by atoms with Gasteiger partial charge in [-0.3, -0.25) is 0 Å². The van der Waals surface area contributed by atoms with Gasteiger partial charge in [-0.25, -0.2) is 4.79 Å². The maximum Gasteiger partial charge on any atom is 0.317 e. The Morgan fingerprint density at radius 3 is 2.82 bits per heavy atom. The monoisotopic (exact) mass is 156 g/mol. The largest absolute Gasteiger partial charge is 0.338 e. The maximum atomic E-state index is 11.3. The number of rotatable bonds is 1. The lowest BCUT2D eigenvalue weighted by atomic mass is 10.3. The van der Waals surface area contributed by atoms with E-state index in [2.05, 4.69) is 5.32 Å². The Labute approximate surface area is 67.8 Å². The van der Waals surface area contributed by atoms with Gasteiger partial charge >= 0.3 is 6.03 Å². The minimum absolute atomic E-state index is 0.0949. The van der Waals surface area contributed by atoms with Crippen molar-refractivity contribution in [2.45, 2.75) is 32.7 Å². The molecule has 64 valence electrons. The third-order valence-corrected chi connectivity index (χ3v) is 1.99. The van der Waals surface area contributed by atoms with Crippen LogP contribution in [0.2, 0.25) is 0 Å². The van der Waals surface area contributed by atoms with E-state index in [0.29, 0.717) is 6.04 Å². The first kappa shape index (κ1) is 8.37. The molecule has 0 spiro atoms. The summed E-state index contributed by atoms with van der Waals surface area (Å²) < 4.78 is 0. The van der Waals surface area contributed by atoms with Gasteiger partial charge in [-0.15, -0.1) is 0 Å². The molecule has 1 saturated heterocycles. The fraction of sp³-hybridized carbons (Fsp3) is 0.875. The van der Waals surface area contributed by atoms with E-state index in [9.17, 15) is 4.79 Å². The van der Waals surface area contributed by atoms with Crippen LogP contribution in [-0.4, -0.2) is 30.1 Å². The Hall–Kier alpha value is -0.730. The Morgan fingerprint density at radius 2 is 2.18 bits per heavy atom. The van der Waals surface area contributed by atoms with E-state index in [1.54, 1.807) is 0 Å². The van der Waals surface area contributed by atoms with Crippen LogP contribution in [-0.2, 0) is 0 Å². The molecule has 0 radical (unpaired) electrons. The van der Waals surface area contributed by atoms with Crippen LogP contribution in [0.4, 0.5) is 4.79 Å². The highest BCUT2D eigenvalue weighted by Gasteiger charge is 2.17. The van der Waals surface area contributed by atoms with E-state index in [4.69, 9.17) is 0 Å². The molecule has 11 heavy (non-hydrogen) atoms. The standard InChI is InChI=1S/C8H16N2O/c1-7(2)10-6-4-3-5-9-8(10)11/h7H,3-6H2,1-2H3,(H,9,11). The fourth-order valence-electron chi connectivity index (χ4n) is 1.30. The molecular weight excluding hydrogens is 140 g/mol. The van der Waals surface area contributed by atoms with Gasteiger partial charge in [-0.1, -0.05) is 0 Å². The Bertz CT molecular complexity index is 145. The van der Waals surface area contributed by atoms with Crippen molar-refractivity contribution in [3.63, 3.8) is 0 Å². The highest BCUT2D eigenvalue weighted by molar-refractivity contribution is 5.74. The lowest BCUT2D eigenvalue weighted by Gasteiger charge is -2.24. The molecule has 1 aliphatic rings. The highest BCUT2D eigenvalue weighted by Crippen LogP contribution is 2.04. The molecule has 1 rings (SSSR count). The second kappa shape index (κ2) is 3.60. The second-order valence-electron chi connectivity index (χ2n) is 3.23. The second-order valence-corrected chi connectivity index (χ2v) is 3.23. The predicted octanol–water partition coefficient (Wildman–Crippen LogP) is 1.20.